The van der Waals surface area contributed by atoms with Crippen LogP contribution in [-0.2, 0) is 6.54 Å². The lowest BCUT2D eigenvalue weighted by atomic mass is 10.3. The SMILES string of the molecule is Cc1nccn1-c1ccc(Cl)c(CNC(C)C)n1. The Bertz CT molecular complexity index is 534. The molecule has 0 fully saturated rings. The van der Waals surface area contributed by atoms with Gasteiger partial charge in [-0.2, -0.15) is 0 Å². The predicted octanol–water partition coefficient (Wildman–Crippen LogP) is 2.73. The van der Waals surface area contributed by atoms with E-state index in [2.05, 4.69) is 29.1 Å². The number of pyridine rings is 1. The van der Waals surface area contributed by atoms with E-state index in [1.54, 1.807) is 6.20 Å². The quantitative estimate of drug-likeness (QED) is 0.923. The summed E-state index contributed by atoms with van der Waals surface area (Å²) in [5.74, 6) is 1.75. The topological polar surface area (TPSA) is 42.7 Å². The zero-order valence-electron chi connectivity index (χ0n) is 10.8. The molecule has 4 nitrogen and oxygen atoms in total. The van der Waals surface area contributed by atoms with Gasteiger partial charge in [0, 0.05) is 25.0 Å². The van der Waals surface area contributed by atoms with Gasteiger partial charge in [0.15, 0.2) is 0 Å². The van der Waals surface area contributed by atoms with Crippen LogP contribution < -0.4 is 5.32 Å². The van der Waals surface area contributed by atoms with Crippen LogP contribution in [0.4, 0.5) is 0 Å². The molecule has 0 aliphatic rings. The first kappa shape index (κ1) is 13.1. The maximum atomic E-state index is 6.15. The van der Waals surface area contributed by atoms with E-state index < -0.39 is 0 Å². The third kappa shape index (κ3) is 2.89. The molecule has 0 unspecified atom stereocenters. The predicted molar refractivity (Wildman–Crippen MR) is 73.1 cm³/mol. The van der Waals surface area contributed by atoms with E-state index in [1.165, 1.54) is 0 Å². The van der Waals surface area contributed by atoms with Gasteiger partial charge in [0.05, 0.1) is 10.7 Å². The standard InChI is InChI=1S/C13H17ClN4/c1-9(2)16-8-12-11(14)4-5-13(17-12)18-7-6-15-10(18)3/h4-7,9,16H,8H2,1-3H3. The summed E-state index contributed by atoms with van der Waals surface area (Å²) < 4.78 is 1.94. The van der Waals surface area contributed by atoms with Gasteiger partial charge >= 0.3 is 0 Å². The largest absolute Gasteiger partial charge is 0.309 e. The van der Waals surface area contributed by atoms with Crippen LogP contribution in [0.2, 0.25) is 5.02 Å². The summed E-state index contributed by atoms with van der Waals surface area (Å²) in [6.07, 6.45) is 3.66. The van der Waals surface area contributed by atoms with E-state index in [9.17, 15) is 0 Å². The van der Waals surface area contributed by atoms with Gasteiger partial charge in [-0.25, -0.2) is 9.97 Å². The van der Waals surface area contributed by atoms with Gasteiger partial charge in [0.2, 0.25) is 0 Å². The number of nitrogens with one attached hydrogen (secondary N) is 1. The first-order valence-corrected chi connectivity index (χ1v) is 6.35. The van der Waals surface area contributed by atoms with Gasteiger partial charge in [0.1, 0.15) is 11.6 Å². The van der Waals surface area contributed by atoms with E-state index in [0.717, 1.165) is 17.3 Å². The van der Waals surface area contributed by atoms with E-state index in [4.69, 9.17) is 11.6 Å². The van der Waals surface area contributed by atoms with E-state index >= 15 is 0 Å². The van der Waals surface area contributed by atoms with Crippen LogP contribution in [0.1, 0.15) is 25.4 Å². The van der Waals surface area contributed by atoms with Crippen molar-refractivity contribution in [3.05, 3.63) is 41.1 Å². The highest BCUT2D eigenvalue weighted by atomic mass is 35.5. The average Bonchev–Trinajstić information content (AvgIpc) is 2.74. The van der Waals surface area contributed by atoms with Crippen molar-refractivity contribution in [1.82, 2.24) is 19.9 Å². The van der Waals surface area contributed by atoms with Gasteiger partial charge in [-0.1, -0.05) is 25.4 Å². The summed E-state index contributed by atoms with van der Waals surface area (Å²) in [4.78, 5) is 8.77. The third-order valence-corrected chi connectivity index (χ3v) is 3.00. The minimum atomic E-state index is 0.404. The highest BCUT2D eigenvalue weighted by molar-refractivity contribution is 6.31. The zero-order valence-corrected chi connectivity index (χ0v) is 11.6. The fourth-order valence-corrected chi connectivity index (χ4v) is 1.82. The Labute approximate surface area is 112 Å². The molecule has 2 rings (SSSR count). The maximum Gasteiger partial charge on any atom is 0.138 e. The molecule has 2 aromatic rings. The first-order chi connectivity index (χ1) is 8.58. The van der Waals surface area contributed by atoms with Gasteiger partial charge < -0.3 is 5.32 Å². The molecule has 2 heterocycles. The fourth-order valence-electron chi connectivity index (χ4n) is 1.65. The van der Waals surface area contributed by atoms with Crippen molar-refractivity contribution >= 4 is 11.6 Å². The van der Waals surface area contributed by atoms with E-state index in [0.29, 0.717) is 17.6 Å². The third-order valence-electron chi connectivity index (χ3n) is 2.65. The molecule has 0 aliphatic carbocycles. The summed E-state index contributed by atoms with van der Waals surface area (Å²) in [5, 5.41) is 4.00. The summed E-state index contributed by atoms with van der Waals surface area (Å²) in [7, 11) is 0. The second-order valence-electron chi connectivity index (χ2n) is 4.48. The Kier molecular flexibility index (Phi) is 3.99. The molecule has 0 bridgehead atoms. The van der Waals surface area contributed by atoms with Crippen molar-refractivity contribution < 1.29 is 0 Å². The molecular formula is C13H17ClN4. The number of hydrogen-bond acceptors (Lipinski definition) is 3. The number of aromatic nitrogens is 3. The molecular weight excluding hydrogens is 248 g/mol. The summed E-state index contributed by atoms with van der Waals surface area (Å²) >= 11 is 6.15. The molecule has 96 valence electrons. The van der Waals surface area contributed by atoms with E-state index in [-0.39, 0.29) is 0 Å². The van der Waals surface area contributed by atoms with Crippen molar-refractivity contribution in [2.45, 2.75) is 33.4 Å². The highest BCUT2D eigenvalue weighted by Gasteiger charge is 2.07. The van der Waals surface area contributed by atoms with Gasteiger partial charge in [-0.05, 0) is 19.1 Å². The summed E-state index contributed by atoms with van der Waals surface area (Å²) in [6, 6.07) is 4.18. The molecule has 0 aliphatic heterocycles. The molecule has 5 heteroatoms. The van der Waals surface area contributed by atoms with Crippen LogP contribution in [0.15, 0.2) is 24.5 Å². The number of aryl methyl sites for hydroxylation is 1. The van der Waals surface area contributed by atoms with Crippen LogP contribution in [0.25, 0.3) is 5.82 Å². The lowest BCUT2D eigenvalue weighted by Crippen LogP contribution is -2.23. The molecule has 0 aromatic carbocycles. The van der Waals surface area contributed by atoms with Gasteiger partial charge in [-0.15, -0.1) is 0 Å². The molecule has 0 radical (unpaired) electrons. The molecule has 1 N–H and O–H groups in total. The van der Waals surface area contributed by atoms with Crippen molar-refractivity contribution in [2.75, 3.05) is 0 Å². The Hall–Kier alpha value is -1.39. The minimum absolute atomic E-state index is 0.404. The molecule has 18 heavy (non-hydrogen) atoms. The average molecular weight is 265 g/mol. The van der Waals surface area contributed by atoms with E-state index in [1.807, 2.05) is 29.8 Å². The van der Waals surface area contributed by atoms with Gasteiger partial charge in [0.25, 0.3) is 0 Å². The number of rotatable bonds is 4. The van der Waals surface area contributed by atoms with Crippen molar-refractivity contribution in [3.63, 3.8) is 0 Å². The van der Waals surface area contributed by atoms with Crippen LogP contribution in [0.5, 0.6) is 0 Å². The number of imidazole rings is 1. The molecule has 0 amide bonds. The number of nitrogens with zero attached hydrogens (tertiary/aromatic N) is 3. The van der Waals surface area contributed by atoms with Crippen molar-refractivity contribution in [3.8, 4) is 5.82 Å². The fraction of sp³-hybridized carbons (Fsp3) is 0.385. The monoisotopic (exact) mass is 264 g/mol. The smallest absolute Gasteiger partial charge is 0.138 e. The summed E-state index contributed by atoms with van der Waals surface area (Å²) in [6.45, 7) is 6.80. The summed E-state index contributed by atoms with van der Waals surface area (Å²) in [5.41, 5.74) is 0.857. The lowest BCUT2D eigenvalue weighted by molar-refractivity contribution is 0.581. The molecule has 0 saturated heterocycles. The van der Waals surface area contributed by atoms with Gasteiger partial charge in [-0.3, -0.25) is 4.57 Å². The first-order valence-electron chi connectivity index (χ1n) is 5.97. The molecule has 0 atom stereocenters. The Morgan fingerprint density at radius 2 is 2.17 bits per heavy atom. The maximum absolute atomic E-state index is 6.15. The molecule has 0 saturated carbocycles. The second kappa shape index (κ2) is 5.50. The van der Waals surface area contributed by atoms with Crippen LogP contribution in [0.3, 0.4) is 0 Å². The number of hydrogen-bond donors (Lipinski definition) is 1. The Balaban J connectivity index is 2.29. The van der Waals surface area contributed by atoms with Crippen LogP contribution in [-0.4, -0.2) is 20.6 Å². The number of halogens is 1. The zero-order chi connectivity index (χ0) is 13.1. The second-order valence-corrected chi connectivity index (χ2v) is 4.89. The lowest BCUT2D eigenvalue weighted by Gasteiger charge is -2.11. The van der Waals surface area contributed by atoms with Crippen LogP contribution >= 0.6 is 11.6 Å². The highest BCUT2D eigenvalue weighted by Crippen LogP contribution is 2.17. The van der Waals surface area contributed by atoms with Crippen molar-refractivity contribution in [2.24, 2.45) is 0 Å². The Morgan fingerprint density at radius 1 is 1.39 bits per heavy atom. The molecule has 2 aromatic heterocycles. The van der Waals surface area contributed by atoms with Crippen LogP contribution in [0, 0.1) is 6.92 Å². The minimum Gasteiger partial charge on any atom is -0.309 e. The van der Waals surface area contributed by atoms with Crippen molar-refractivity contribution in [1.29, 1.82) is 0 Å². The Morgan fingerprint density at radius 3 is 2.78 bits per heavy atom. The normalized spacial score (nSPS) is 11.2. The molecule has 0 spiro atoms.